The van der Waals surface area contributed by atoms with Gasteiger partial charge in [-0.25, -0.2) is 0 Å². The highest BCUT2D eigenvalue weighted by Crippen LogP contribution is 2.23. The number of nitrogens with zero attached hydrogens (tertiary/aromatic N) is 1. The van der Waals surface area contributed by atoms with Crippen molar-refractivity contribution in [3.63, 3.8) is 0 Å². The van der Waals surface area contributed by atoms with Gasteiger partial charge in [0.15, 0.2) is 0 Å². The summed E-state index contributed by atoms with van der Waals surface area (Å²) in [7, 11) is 0. The van der Waals surface area contributed by atoms with Crippen LogP contribution in [0.25, 0.3) is 0 Å². The van der Waals surface area contributed by atoms with E-state index in [2.05, 4.69) is 51.3 Å². The summed E-state index contributed by atoms with van der Waals surface area (Å²) in [5.41, 5.74) is 2.54. The summed E-state index contributed by atoms with van der Waals surface area (Å²) in [6, 6.07) is 6.87. The van der Waals surface area contributed by atoms with Gasteiger partial charge in [-0.3, -0.25) is 0 Å². The monoisotopic (exact) mass is 298 g/mol. The Morgan fingerprint density at radius 3 is 3.06 bits per heavy atom. The first-order valence-corrected chi connectivity index (χ1v) is 6.85. The fourth-order valence-electron chi connectivity index (χ4n) is 2.23. The zero-order valence-electron chi connectivity index (χ0n) is 10.1. The topological polar surface area (TPSA) is 35.5 Å². The number of piperazine rings is 1. The van der Waals surface area contributed by atoms with Crippen molar-refractivity contribution in [2.75, 3.05) is 31.1 Å². The van der Waals surface area contributed by atoms with Crippen LogP contribution < -0.4 is 10.2 Å². The standard InChI is InChI=1S/C13H19BrN2O/c1-10-8-12(2-3-13(10)14)16-6-5-15-11(9-16)4-7-17/h2-3,8,11,15,17H,4-7,9H2,1H3. The largest absolute Gasteiger partial charge is 0.396 e. The van der Waals surface area contributed by atoms with E-state index < -0.39 is 0 Å². The number of anilines is 1. The van der Waals surface area contributed by atoms with E-state index in [-0.39, 0.29) is 6.61 Å². The predicted octanol–water partition coefficient (Wildman–Crippen LogP) is 1.92. The molecule has 3 nitrogen and oxygen atoms in total. The Morgan fingerprint density at radius 1 is 1.53 bits per heavy atom. The van der Waals surface area contributed by atoms with Crippen LogP contribution in [0.3, 0.4) is 0 Å². The lowest BCUT2D eigenvalue weighted by Gasteiger charge is -2.35. The molecule has 94 valence electrons. The van der Waals surface area contributed by atoms with Crippen LogP contribution in [0, 0.1) is 6.92 Å². The molecule has 0 aromatic heterocycles. The fourth-order valence-corrected chi connectivity index (χ4v) is 2.48. The molecule has 1 saturated heterocycles. The number of benzene rings is 1. The predicted molar refractivity (Wildman–Crippen MR) is 74.6 cm³/mol. The summed E-state index contributed by atoms with van der Waals surface area (Å²) in [5.74, 6) is 0. The van der Waals surface area contributed by atoms with E-state index in [1.807, 2.05) is 0 Å². The third-order valence-corrected chi connectivity index (χ3v) is 4.13. The Hall–Kier alpha value is -0.580. The van der Waals surface area contributed by atoms with Gasteiger partial charge in [0, 0.05) is 42.4 Å². The maximum atomic E-state index is 8.99. The third-order valence-electron chi connectivity index (χ3n) is 3.24. The third kappa shape index (κ3) is 3.21. The first kappa shape index (κ1) is 12.9. The molecule has 2 rings (SSSR count). The molecule has 0 aliphatic carbocycles. The Kier molecular flexibility index (Phi) is 4.42. The van der Waals surface area contributed by atoms with Crippen LogP contribution in [0.2, 0.25) is 0 Å². The van der Waals surface area contributed by atoms with Crippen molar-refractivity contribution in [2.45, 2.75) is 19.4 Å². The lowest BCUT2D eigenvalue weighted by atomic mass is 10.1. The van der Waals surface area contributed by atoms with Crippen LogP contribution in [0.15, 0.2) is 22.7 Å². The van der Waals surface area contributed by atoms with Crippen molar-refractivity contribution in [3.8, 4) is 0 Å². The zero-order chi connectivity index (χ0) is 12.3. The molecular weight excluding hydrogens is 280 g/mol. The van der Waals surface area contributed by atoms with Crippen molar-refractivity contribution in [1.82, 2.24) is 5.32 Å². The van der Waals surface area contributed by atoms with Gasteiger partial charge in [0.1, 0.15) is 0 Å². The van der Waals surface area contributed by atoms with Gasteiger partial charge in [0.25, 0.3) is 0 Å². The molecule has 1 atom stereocenters. The van der Waals surface area contributed by atoms with Gasteiger partial charge in [-0.2, -0.15) is 0 Å². The summed E-state index contributed by atoms with van der Waals surface area (Å²) in [5, 5.41) is 12.4. The van der Waals surface area contributed by atoms with E-state index in [1.165, 1.54) is 11.3 Å². The number of rotatable bonds is 3. The van der Waals surface area contributed by atoms with Gasteiger partial charge in [-0.15, -0.1) is 0 Å². The fraction of sp³-hybridized carbons (Fsp3) is 0.538. The van der Waals surface area contributed by atoms with Gasteiger partial charge in [0.05, 0.1) is 0 Å². The maximum absolute atomic E-state index is 8.99. The van der Waals surface area contributed by atoms with Gasteiger partial charge < -0.3 is 15.3 Å². The SMILES string of the molecule is Cc1cc(N2CCNC(CCO)C2)ccc1Br. The maximum Gasteiger partial charge on any atom is 0.0446 e. The zero-order valence-corrected chi connectivity index (χ0v) is 11.7. The first-order chi connectivity index (χ1) is 8.20. The van der Waals surface area contributed by atoms with Crippen molar-refractivity contribution in [2.24, 2.45) is 0 Å². The minimum absolute atomic E-state index is 0.255. The highest BCUT2D eigenvalue weighted by molar-refractivity contribution is 9.10. The molecule has 0 radical (unpaired) electrons. The summed E-state index contributed by atoms with van der Waals surface area (Å²) in [4.78, 5) is 2.39. The van der Waals surface area contributed by atoms with Gasteiger partial charge in [-0.05, 0) is 37.1 Å². The number of hydrogen-bond donors (Lipinski definition) is 2. The Balaban J connectivity index is 2.08. The van der Waals surface area contributed by atoms with E-state index in [9.17, 15) is 0 Å². The minimum Gasteiger partial charge on any atom is -0.396 e. The van der Waals surface area contributed by atoms with E-state index in [0.717, 1.165) is 30.5 Å². The van der Waals surface area contributed by atoms with Crippen molar-refractivity contribution < 1.29 is 5.11 Å². The van der Waals surface area contributed by atoms with E-state index in [0.29, 0.717) is 6.04 Å². The lowest BCUT2D eigenvalue weighted by molar-refractivity contribution is 0.260. The molecule has 0 spiro atoms. The van der Waals surface area contributed by atoms with E-state index in [1.54, 1.807) is 0 Å². The second-order valence-electron chi connectivity index (χ2n) is 4.54. The second kappa shape index (κ2) is 5.85. The molecule has 0 amide bonds. The van der Waals surface area contributed by atoms with Crippen LogP contribution in [0.4, 0.5) is 5.69 Å². The normalized spacial score (nSPS) is 20.6. The van der Waals surface area contributed by atoms with Crippen LogP contribution >= 0.6 is 15.9 Å². The Morgan fingerprint density at radius 2 is 2.35 bits per heavy atom. The molecule has 0 saturated carbocycles. The molecule has 1 aliphatic rings. The number of aliphatic hydroxyl groups is 1. The van der Waals surface area contributed by atoms with Gasteiger partial charge in [0.2, 0.25) is 0 Å². The molecule has 1 aromatic rings. The highest BCUT2D eigenvalue weighted by atomic mass is 79.9. The molecule has 1 aromatic carbocycles. The van der Waals surface area contributed by atoms with Crippen LogP contribution in [-0.2, 0) is 0 Å². The summed E-state index contributed by atoms with van der Waals surface area (Å²) < 4.78 is 1.16. The Labute approximate surface area is 111 Å². The lowest BCUT2D eigenvalue weighted by Crippen LogP contribution is -2.51. The van der Waals surface area contributed by atoms with E-state index in [4.69, 9.17) is 5.11 Å². The Bertz CT molecular complexity index is 382. The summed E-state index contributed by atoms with van der Waals surface area (Å²) in [6.07, 6.45) is 0.825. The highest BCUT2D eigenvalue weighted by Gasteiger charge is 2.19. The number of aliphatic hydroxyl groups excluding tert-OH is 1. The molecule has 4 heteroatoms. The molecule has 2 N–H and O–H groups in total. The second-order valence-corrected chi connectivity index (χ2v) is 5.40. The first-order valence-electron chi connectivity index (χ1n) is 6.06. The molecule has 1 aliphatic heterocycles. The molecule has 1 fully saturated rings. The summed E-state index contributed by atoms with van der Waals surface area (Å²) in [6.45, 7) is 5.36. The molecule has 0 bridgehead atoms. The van der Waals surface area contributed by atoms with Gasteiger partial charge >= 0.3 is 0 Å². The minimum atomic E-state index is 0.255. The average molecular weight is 299 g/mol. The quantitative estimate of drug-likeness (QED) is 0.895. The summed E-state index contributed by atoms with van der Waals surface area (Å²) >= 11 is 3.53. The van der Waals surface area contributed by atoms with Crippen molar-refractivity contribution in [1.29, 1.82) is 0 Å². The number of hydrogen-bond acceptors (Lipinski definition) is 3. The molecule has 17 heavy (non-hydrogen) atoms. The van der Waals surface area contributed by atoms with E-state index >= 15 is 0 Å². The van der Waals surface area contributed by atoms with Crippen LogP contribution in [-0.4, -0.2) is 37.4 Å². The number of halogens is 1. The van der Waals surface area contributed by atoms with Crippen molar-refractivity contribution in [3.05, 3.63) is 28.2 Å². The number of nitrogens with one attached hydrogen (secondary N) is 1. The molecular formula is C13H19BrN2O. The van der Waals surface area contributed by atoms with Gasteiger partial charge in [-0.1, -0.05) is 15.9 Å². The average Bonchev–Trinajstić information content (AvgIpc) is 2.33. The number of aryl methyl sites for hydroxylation is 1. The molecule has 1 unspecified atom stereocenters. The van der Waals surface area contributed by atoms with Crippen LogP contribution in [0.1, 0.15) is 12.0 Å². The van der Waals surface area contributed by atoms with Crippen LogP contribution in [0.5, 0.6) is 0 Å². The smallest absolute Gasteiger partial charge is 0.0446 e. The van der Waals surface area contributed by atoms with Crippen molar-refractivity contribution >= 4 is 21.6 Å². The molecule has 1 heterocycles.